The molecule has 0 aliphatic carbocycles. The molecular weight excluding hydrogens is 412 g/mol. The van der Waals surface area contributed by atoms with Crippen molar-refractivity contribution >= 4 is 33.6 Å². The van der Waals surface area contributed by atoms with Gasteiger partial charge in [0.15, 0.2) is 0 Å². The number of benzene rings is 2. The summed E-state index contributed by atoms with van der Waals surface area (Å²) in [4.78, 5) is 34.4. The fourth-order valence-corrected chi connectivity index (χ4v) is 5.97. The number of carbonyl (C=O) groups is 2. The minimum atomic E-state index is -0.391. The van der Waals surface area contributed by atoms with Crippen molar-refractivity contribution in [1.29, 1.82) is 0 Å². The molecule has 0 radical (unpaired) electrons. The highest BCUT2D eigenvalue weighted by Crippen LogP contribution is 2.48. The van der Waals surface area contributed by atoms with Crippen LogP contribution in [0.4, 0.5) is 0 Å². The molecule has 2 aromatic carbocycles. The highest BCUT2D eigenvalue weighted by Gasteiger charge is 2.50. The molecule has 33 heavy (non-hydrogen) atoms. The number of para-hydroxylation sites is 2. The Kier molecular flexibility index (Phi) is 4.75. The van der Waals surface area contributed by atoms with E-state index in [4.69, 9.17) is 0 Å². The topological polar surface area (TPSA) is 81.0 Å². The first kappa shape index (κ1) is 20.1. The van der Waals surface area contributed by atoms with Gasteiger partial charge in [0.05, 0.1) is 5.54 Å². The van der Waals surface area contributed by atoms with Crippen molar-refractivity contribution in [2.75, 3.05) is 13.1 Å². The molecule has 0 bridgehead atoms. The van der Waals surface area contributed by atoms with Crippen LogP contribution in [0.5, 0.6) is 0 Å². The number of hydrogen-bond donors (Lipinski definition) is 3. The maximum absolute atomic E-state index is 12.8. The number of aromatic nitrogens is 2. The van der Waals surface area contributed by atoms with Gasteiger partial charge in [0.25, 0.3) is 0 Å². The molecule has 3 N–H and O–H groups in total. The Morgan fingerprint density at radius 3 is 2.70 bits per heavy atom. The maximum atomic E-state index is 12.8. The van der Waals surface area contributed by atoms with Crippen molar-refractivity contribution in [3.8, 4) is 0 Å². The monoisotopic (exact) mass is 440 g/mol. The fraction of sp³-hybridized carbons (Fsp3) is 0.333. The van der Waals surface area contributed by atoms with E-state index in [0.717, 1.165) is 42.5 Å². The van der Waals surface area contributed by atoms with E-state index < -0.39 is 5.54 Å². The predicted molar refractivity (Wildman–Crippen MR) is 129 cm³/mol. The zero-order chi connectivity index (χ0) is 22.4. The van der Waals surface area contributed by atoms with Crippen LogP contribution in [-0.2, 0) is 28.0 Å². The van der Waals surface area contributed by atoms with Gasteiger partial charge in [0.2, 0.25) is 11.8 Å². The Bertz CT molecular complexity index is 1370. The highest BCUT2D eigenvalue weighted by molar-refractivity contribution is 5.88. The number of H-pyrrole nitrogens is 2. The van der Waals surface area contributed by atoms with Crippen molar-refractivity contribution in [3.05, 3.63) is 71.5 Å². The molecule has 6 heteroatoms. The average molecular weight is 441 g/mol. The van der Waals surface area contributed by atoms with E-state index in [1.54, 1.807) is 0 Å². The van der Waals surface area contributed by atoms with Gasteiger partial charge in [0, 0.05) is 59.6 Å². The number of hydrogen-bond acceptors (Lipinski definition) is 2. The van der Waals surface area contributed by atoms with Crippen LogP contribution in [0.15, 0.2) is 54.7 Å². The summed E-state index contributed by atoms with van der Waals surface area (Å²) in [6.07, 6.45) is 6.06. The molecule has 168 valence electrons. The van der Waals surface area contributed by atoms with Crippen molar-refractivity contribution in [2.45, 2.75) is 44.1 Å². The lowest BCUT2D eigenvalue weighted by atomic mass is 9.81. The second kappa shape index (κ2) is 7.80. The number of rotatable bonds is 6. The summed E-state index contributed by atoms with van der Waals surface area (Å²) in [6.45, 7) is 1.34. The summed E-state index contributed by atoms with van der Waals surface area (Å²) >= 11 is 0. The number of nitrogens with one attached hydrogen (secondary N) is 3. The average Bonchev–Trinajstić information content (AvgIpc) is 3.52. The number of carbonyl (C=O) groups excluding carboxylic acids is 2. The van der Waals surface area contributed by atoms with Crippen molar-refractivity contribution in [3.63, 3.8) is 0 Å². The highest BCUT2D eigenvalue weighted by atomic mass is 16.2. The summed E-state index contributed by atoms with van der Waals surface area (Å²) in [6, 6.07) is 16.6. The van der Waals surface area contributed by atoms with E-state index in [0.29, 0.717) is 25.8 Å². The lowest BCUT2D eigenvalue weighted by Crippen LogP contribution is -2.48. The normalized spacial score (nSPS) is 19.8. The first-order valence-electron chi connectivity index (χ1n) is 11.9. The molecule has 1 unspecified atom stereocenters. The predicted octanol–water partition coefficient (Wildman–Crippen LogP) is 4.16. The smallest absolute Gasteiger partial charge is 0.223 e. The number of aromatic amines is 2. The zero-order valence-corrected chi connectivity index (χ0v) is 18.6. The SMILES string of the molecule is O=C(CCC12CCC(=O)N1CCc1c2[nH]c2ccccc12)NCCc1c[nH]c2ccccc12. The molecule has 1 saturated heterocycles. The lowest BCUT2D eigenvalue weighted by Gasteiger charge is -2.42. The molecule has 6 rings (SSSR count). The van der Waals surface area contributed by atoms with Gasteiger partial charge >= 0.3 is 0 Å². The third-order valence-electron chi connectivity index (χ3n) is 7.59. The van der Waals surface area contributed by atoms with Crippen LogP contribution in [0.2, 0.25) is 0 Å². The molecular formula is C27H28N4O2. The standard InChI is InChI=1S/C27H28N4O2/c32-24(28-15-11-18-17-29-22-7-3-1-5-19(18)22)9-13-27-14-10-25(33)31(27)16-12-21-20-6-2-4-8-23(20)30-26(21)27/h1-8,17,29-30H,9-16H2,(H,28,32). The Hall–Kier alpha value is -3.54. The first-order chi connectivity index (χ1) is 16.2. The van der Waals surface area contributed by atoms with E-state index in [1.165, 1.54) is 21.9 Å². The van der Waals surface area contributed by atoms with Crippen molar-refractivity contribution in [1.82, 2.24) is 20.2 Å². The second-order valence-corrected chi connectivity index (χ2v) is 9.31. The van der Waals surface area contributed by atoms with Crippen molar-refractivity contribution < 1.29 is 9.59 Å². The van der Waals surface area contributed by atoms with Gasteiger partial charge in [-0.2, -0.15) is 0 Å². The van der Waals surface area contributed by atoms with Gasteiger partial charge in [-0.15, -0.1) is 0 Å². The largest absolute Gasteiger partial charge is 0.361 e. The molecule has 2 aromatic heterocycles. The molecule has 1 atom stereocenters. The Morgan fingerprint density at radius 1 is 1.03 bits per heavy atom. The van der Waals surface area contributed by atoms with E-state index in [2.05, 4.69) is 45.6 Å². The van der Waals surface area contributed by atoms with Crippen LogP contribution < -0.4 is 5.32 Å². The molecule has 1 fully saturated rings. The maximum Gasteiger partial charge on any atom is 0.223 e. The van der Waals surface area contributed by atoms with E-state index in [9.17, 15) is 9.59 Å². The van der Waals surface area contributed by atoms with Crippen LogP contribution in [-0.4, -0.2) is 39.8 Å². The van der Waals surface area contributed by atoms with E-state index in [1.807, 2.05) is 29.3 Å². The molecule has 4 heterocycles. The molecule has 2 amide bonds. The van der Waals surface area contributed by atoms with Gasteiger partial charge < -0.3 is 20.2 Å². The molecule has 2 aliphatic heterocycles. The van der Waals surface area contributed by atoms with Crippen LogP contribution >= 0.6 is 0 Å². The Balaban J connectivity index is 1.17. The molecule has 0 spiro atoms. The van der Waals surface area contributed by atoms with E-state index in [-0.39, 0.29) is 11.8 Å². The summed E-state index contributed by atoms with van der Waals surface area (Å²) in [5.41, 5.74) is 5.52. The minimum absolute atomic E-state index is 0.0479. The summed E-state index contributed by atoms with van der Waals surface area (Å²) in [7, 11) is 0. The first-order valence-corrected chi connectivity index (χ1v) is 11.9. The van der Waals surface area contributed by atoms with Gasteiger partial charge in [-0.05, 0) is 48.9 Å². The quantitative estimate of drug-likeness (QED) is 0.421. The van der Waals surface area contributed by atoms with Crippen LogP contribution in [0, 0.1) is 0 Å². The molecule has 6 nitrogen and oxygen atoms in total. The number of nitrogens with zero attached hydrogens (tertiary/aromatic N) is 1. The molecule has 2 aliphatic rings. The van der Waals surface area contributed by atoms with E-state index >= 15 is 0 Å². The number of fused-ring (bicyclic) bond motifs is 6. The summed E-state index contributed by atoms with van der Waals surface area (Å²) < 4.78 is 0. The Morgan fingerprint density at radius 2 is 1.82 bits per heavy atom. The fourth-order valence-electron chi connectivity index (χ4n) is 5.97. The third kappa shape index (κ3) is 3.24. The summed E-state index contributed by atoms with van der Waals surface area (Å²) in [5.74, 6) is 0.255. The lowest BCUT2D eigenvalue weighted by molar-refractivity contribution is -0.133. The van der Waals surface area contributed by atoms with Gasteiger partial charge in [-0.1, -0.05) is 36.4 Å². The molecule has 4 aromatic rings. The van der Waals surface area contributed by atoms with Crippen LogP contribution in [0.3, 0.4) is 0 Å². The Labute approximate surface area is 192 Å². The van der Waals surface area contributed by atoms with Gasteiger partial charge in [-0.25, -0.2) is 0 Å². The summed E-state index contributed by atoms with van der Waals surface area (Å²) in [5, 5.41) is 5.55. The minimum Gasteiger partial charge on any atom is -0.361 e. The van der Waals surface area contributed by atoms with Crippen molar-refractivity contribution in [2.24, 2.45) is 0 Å². The van der Waals surface area contributed by atoms with Crippen LogP contribution in [0.25, 0.3) is 21.8 Å². The second-order valence-electron chi connectivity index (χ2n) is 9.31. The van der Waals surface area contributed by atoms with Gasteiger partial charge in [-0.3, -0.25) is 9.59 Å². The molecule has 0 saturated carbocycles. The van der Waals surface area contributed by atoms with Gasteiger partial charge in [0.1, 0.15) is 0 Å². The number of amides is 2. The zero-order valence-electron chi connectivity index (χ0n) is 18.6. The van der Waals surface area contributed by atoms with Crippen LogP contribution in [0.1, 0.15) is 42.5 Å². The third-order valence-corrected chi connectivity index (χ3v) is 7.59.